The number of carbonyl (C=O) groups excluding carboxylic acids is 1. The van der Waals surface area contributed by atoms with E-state index in [1.54, 1.807) is 0 Å². The number of hydrogen-bond donors (Lipinski definition) is 1. The van der Waals surface area contributed by atoms with E-state index in [1.165, 1.54) is 6.21 Å². The molecule has 0 radical (unpaired) electrons. The molecular weight excluding hydrogens is 321 g/mol. The first kappa shape index (κ1) is 17.7. The molecule has 0 spiro atoms. The van der Waals surface area contributed by atoms with E-state index in [-0.39, 0.29) is 6.54 Å². The molecule has 0 atom stereocenters. The fourth-order valence-electron chi connectivity index (χ4n) is 2.35. The topological polar surface area (TPSA) is 59.3 Å². The normalized spacial score (nSPS) is 11.9. The molecule has 2 aromatic rings. The first-order valence-electron chi connectivity index (χ1n) is 7.17. The highest BCUT2D eigenvalue weighted by Gasteiger charge is 2.33. The number of nitrogens with zero attached hydrogens (tertiary/aromatic N) is 3. The van der Waals surface area contributed by atoms with Gasteiger partial charge in [-0.1, -0.05) is 17.7 Å². The van der Waals surface area contributed by atoms with E-state index in [2.05, 4.69) is 15.6 Å². The van der Waals surface area contributed by atoms with Crippen molar-refractivity contribution in [3.05, 3.63) is 52.3 Å². The Hall–Kier alpha value is -2.64. The first-order valence-corrected chi connectivity index (χ1v) is 7.17. The van der Waals surface area contributed by atoms with E-state index in [0.717, 1.165) is 39.2 Å². The van der Waals surface area contributed by atoms with Gasteiger partial charge in [0.25, 0.3) is 5.91 Å². The summed E-state index contributed by atoms with van der Waals surface area (Å²) in [6.45, 7) is 5.51. The Bertz CT molecular complexity index is 755. The average Bonchev–Trinajstić information content (AvgIpc) is 2.90. The van der Waals surface area contributed by atoms with Gasteiger partial charge < -0.3 is 0 Å². The van der Waals surface area contributed by atoms with Gasteiger partial charge in [-0.15, -0.1) is 0 Å². The highest BCUT2D eigenvalue weighted by atomic mass is 19.4. The molecule has 1 N–H and O–H groups in total. The molecule has 0 aliphatic rings. The van der Waals surface area contributed by atoms with Gasteiger partial charge in [-0.05, 0) is 38.0 Å². The maximum Gasteiger partial charge on any atom is 0.435 e. The van der Waals surface area contributed by atoms with Crippen molar-refractivity contribution in [3.8, 4) is 0 Å². The van der Waals surface area contributed by atoms with E-state index >= 15 is 0 Å². The van der Waals surface area contributed by atoms with Crippen molar-refractivity contribution < 1.29 is 18.0 Å². The van der Waals surface area contributed by atoms with Crippen LogP contribution in [0.25, 0.3) is 0 Å². The van der Waals surface area contributed by atoms with E-state index in [4.69, 9.17) is 0 Å². The highest BCUT2D eigenvalue weighted by Crippen LogP contribution is 2.27. The van der Waals surface area contributed by atoms with Gasteiger partial charge in [-0.25, -0.2) is 5.43 Å². The zero-order chi connectivity index (χ0) is 17.9. The number of hydrazone groups is 1. The molecule has 1 heterocycles. The van der Waals surface area contributed by atoms with E-state index in [1.807, 2.05) is 32.9 Å². The molecule has 0 aliphatic heterocycles. The fraction of sp³-hybridized carbons (Fsp3) is 0.312. The van der Waals surface area contributed by atoms with Crippen LogP contribution in [0.3, 0.4) is 0 Å². The van der Waals surface area contributed by atoms with Crippen molar-refractivity contribution in [2.45, 2.75) is 33.5 Å². The molecule has 0 fully saturated rings. The summed E-state index contributed by atoms with van der Waals surface area (Å²) in [5.41, 5.74) is 5.31. The van der Waals surface area contributed by atoms with Crippen LogP contribution in [0.4, 0.5) is 13.2 Å². The number of amides is 1. The zero-order valence-corrected chi connectivity index (χ0v) is 13.5. The number of halogens is 3. The van der Waals surface area contributed by atoms with Crippen LogP contribution in [-0.4, -0.2) is 21.9 Å². The monoisotopic (exact) mass is 338 g/mol. The lowest BCUT2D eigenvalue weighted by molar-refractivity contribution is -0.141. The van der Waals surface area contributed by atoms with Crippen LogP contribution in [0.5, 0.6) is 0 Å². The molecular formula is C16H17F3N4O. The largest absolute Gasteiger partial charge is 0.435 e. The molecule has 8 heteroatoms. The summed E-state index contributed by atoms with van der Waals surface area (Å²) in [4.78, 5) is 11.7. The summed E-state index contributed by atoms with van der Waals surface area (Å²) in [5.74, 6) is -0.564. The lowest BCUT2D eigenvalue weighted by Crippen LogP contribution is -2.24. The number of hydrogen-bond acceptors (Lipinski definition) is 3. The minimum absolute atomic E-state index is 0.348. The van der Waals surface area contributed by atoms with Crippen LogP contribution in [0.15, 0.2) is 29.5 Å². The molecule has 0 saturated carbocycles. The summed E-state index contributed by atoms with van der Waals surface area (Å²) >= 11 is 0. The van der Waals surface area contributed by atoms with Crippen LogP contribution in [-0.2, 0) is 17.5 Å². The minimum atomic E-state index is -4.53. The summed E-state index contributed by atoms with van der Waals surface area (Å²) in [7, 11) is 0. The van der Waals surface area contributed by atoms with Gasteiger partial charge in [0, 0.05) is 11.8 Å². The molecule has 24 heavy (non-hydrogen) atoms. The minimum Gasteiger partial charge on any atom is -0.271 e. The quantitative estimate of drug-likeness (QED) is 0.688. The third kappa shape index (κ3) is 4.43. The molecule has 0 unspecified atom stereocenters. The molecule has 5 nitrogen and oxygen atoms in total. The van der Waals surface area contributed by atoms with Gasteiger partial charge in [0.1, 0.15) is 6.54 Å². The van der Waals surface area contributed by atoms with Crippen LogP contribution in [0.1, 0.15) is 27.9 Å². The van der Waals surface area contributed by atoms with Gasteiger partial charge in [0.2, 0.25) is 0 Å². The number of rotatable bonds is 4. The molecule has 128 valence electrons. The summed E-state index contributed by atoms with van der Waals surface area (Å²) in [6, 6.07) is 4.81. The maximum atomic E-state index is 12.4. The number of nitrogens with one attached hydrogen (secondary N) is 1. The fourth-order valence-corrected chi connectivity index (χ4v) is 2.35. The lowest BCUT2D eigenvalue weighted by Gasteiger charge is -2.06. The molecule has 1 amide bonds. The van der Waals surface area contributed by atoms with E-state index in [0.29, 0.717) is 0 Å². The predicted octanol–water partition coefficient (Wildman–Crippen LogP) is 2.98. The Kier molecular flexibility index (Phi) is 5.06. The van der Waals surface area contributed by atoms with Gasteiger partial charge in [0.05, 0.1) is 6.21 Å². The van der Waals surface area contributed by atoms with Gasteiger partial charge >= 0.3 is 6.18 Å². The van der Waals surface area contributed by atoms with Crippen molar-refractivity contribution in [1.29, 1.82) is 0 Å². The third-order valence-electron chi connectivity index (χ3n) is 3.36. The SMILES string of the molecule is Cc1cc(C)c(/C=N\NC(=O)Cn2ccc(C(F)(F)F)n2)c(C)c1. The van der Waals surface area contributed by atoms with Gasteiger partial charge in [-0.2, -0.15) is 23.4 Å². The third-order valence-corrected chi connectivity index (χ3v) is 3.36. The van der Waals surface area contributed by atoms with Crippen molar-refractivity contribution in [2.75, 3.05) is 0 Å². The van der Waals surface area contributed by atoms with E-state index < -0.39 is 17.8 Å². The molecule has 1 aromatic heterocycles. The van der Waals surface area contributed by atoms with Crippen molar-refractivity contribution in [3.63, 3.8) is 0 Å². The Morgan fingerprint density at radius 3 is 2.46 bits per heavy atom. The first-order chi connectivity index (χ1) is 11.2. The number of alkyl halides is 3. The van der Waals surface area contributed by atoms with Crippen LogP contribution in [0, 0.1) is 20.8 Å². The van der Waals surface area contributed by atoms with Crippen LogP contribution < -0.4 is 5.43 Å². The maximum absolute atomic E-state index is 12.4. The molecule has 0 saturated heterocycles. The van der Waals surface area contributed by atoms with Crippen molar-refractivity contribution in [1.82, 2.24) is 15.2 Å². The number of carbonyl (C=O) groups is 1. The molecule has 2 rings (SSSR count). The molecule has 1 aromatic carbocycles. The molecule has 0 bridgehead atoms. The smallest absolute Gasteiger partial charge is 0.271 e. The number of aromatic nitrogens is 2. The Balaban J connectivity index is 1.97. The van der Waals surface area contributed by atoms with Crippen LogP contribution in [0.2, 0.25) is 0 Å². The second-order valence-corrected chi connectivity index (χ2v) is 5.50. The van der Waals surface area contributed by atoms with Gasteiger partial charge in [-0.3, -0.25) is 9.48 Å². The van der Waals surface area contributed by atoms with Crippen LogP contribution >= 0.6 is 0 Å². The van der Waals surface area contributed by atoms with Gasteiger partial charge in [0.15, 0.2) is 5.69 Å². The summed E-state index contributed by atoms with van der Waals surface area (Å²) in [6.07, 6.45) is -1.91. The number of aryl methyl sites for hydroxylation is 3. The summed E-state index contributed by atoms with van der Waals surface area (Å²) in [5, 5.41) is 7.16. The second-order valence-electron chi connectivity index (χ2n) is 5.50. The van der Waals surface area contributed by atoms with E-state index in [9.17, 15) is 18.0 Å². The zero-order valence-electron chi connectivity index (χ0n) is 13.5. The lowest BCUT2D eigenvalue weighted by atomic mass is 10.0. The van der Waals surface area contributed by atoms with Crippen molar-refractivity contribution in [2.24, 2.45) is 5.10 Å². The average molecular weight is 338 g/mol. The Labute approximate surface area is 137 Å². The number of benzene rings is 1. The second kappa shape index (κ2) is 6.86. The van der Waals surface area contributed by atoms with Crippen molar-refractivity contribution >= 4 is 12.1 Å². The standard InChI is InChI=1S/C16H17F3N4O/c1-10-6-11(2)13(12(3)7-10)8-20-21-15(24)9-23-5-4-14(22-23)16(17,18)19/h4-8H,9H2,1-3H3,(H,21,24)/b20-8-. The highest BCUT2D eigenvalue weighted by molar-refractivity contribution is 5.85. The molecule has 0 aliphatic carbocycles. The Morgan fingerprint density at radius 2 is 1.92 bits per heavy atom. The summed E-state index contributed by atoms with van der Waals surface area (Å²) < 4.78 is 38.2. The predicted molar refractivity (Wildman–Crippen MR) is 83.6 cm³/mol. The Morgan fingerprint density at radius 1 is 1.29 bits per heavy atom.